The van der Waals surface area contributed by atoms with Gasteiger partial charge in [-0.3, -0.25) is 4.79 Å². The standard InChI is InChI=1S/C14H11Br2NO2/c15-12-5-4-11(19-12)14(16)9-1-3-10-8(7-9)2-6-13(18)17-10/h1,3-5,7,14H,2,6H2,(H,17,18). The second-order valence-corrected chi connectivity index (χ2v) is 6.17. The summed E-state index contributed by atoms with van der Waals surface area (Å²) in [7, 11) is 0. The van der Waals surface area contributed by atoms with Gasteiger partial charge >= 0.3 is 0 Å². The molecule has 1 atom stereocenters. The number of furan rings is 1. The number of hydrogen-bond donors (Lipinski definition) is 1. The van der Waals surface area contributed by atoms with Crippen molar-refractivity contribution < 1.29 is 9.21 Å². The zero-order valence-electron chi connectivity index (χ0n) is 9.95. The maximum Gasteiger partial charge on any atom is 0.224 e. The molecule has 5 heteroatoms. The van der Waals surface area contributed by atoms with Crippen molar-refractivity contribution in [3.8, 4) is 0 Å². The van der Waals surface area contributed by atoms with E-state index in [1.54, 1.807) is 0 Å². The number of carbonyl (C=O) groups excluding carboxylic acids is 1. The number of carbonyl (C=O) groups is 1. The highest BCUT2D eigenvalue weighted by molar-refractivity contribution is 9.10. The molecule has 0 radical (unpaired) electrons. The number of rotatable bonds is 2. The lowest BCUT2D eigenvalue weighted by Crippen LogP contribution is -2.19. The van der Waals surface area contributed by atoms with E-state index in [0.29, 0.717) is 6.42 Å². The van der Waals surface area contributed by atoms with Crippen LogP contribution in [0.5, 0.6) is 0 Å². The molecule has 1 aromatic carbocycles. The quantitative estimate of drug-likeness (QED) is 0.779. The lowest BCUT2D eigenvalue weighted by molar-refractivity contribution is -0.116. The first-order chi connectivity index (χ1) is 9.13. The number of hydrogen-bond acceptors (Lipinski definition) is 2. The minimum absolute atomic E-state index is 0.0155. The van der Waals surface area contributed by atoms with Gasteiger partial charge in [0.2, 0.25) is 5.91 Å². The molecule has 2 heterocycles. The molecule has 3 nitrogen and oxygen atoms in total. The maximum absolute atomic E-state index is 11.3. The molecule has 19 heavy (non-hydrogen) atoms. The Kier molecular flexibility index (Phi) is 3.50. The molecule has 1 aliphatic heterocycles. The highest BCUT2D eigenvalue weighted by Crippen LogP contribution is 2.35. The summed E-state index contributed by atoms with van der Waals surface area (Å²) >= 11 is 6.95. The first kappa shape index (κ1) is 12.9. The van der Waals surface area contributed by atoms with E-state index in [1.807, 2.05) is 24.3 Å². The van der Waals surface area contributed by atoms with E-state index in [-0.39, 0.29) is 10.7 Å². The molecule has 98 valence electrons. The molecule has 1 aromatic heterocycles. The van der Waals surface area contributed by atoms with Gasteiger partial charge in [0.25, 0.3) is 0 Å². The van der Waals surface area contributed by atoms with Crippen LogP contribution in [0.1, 0.15) is 28.1 Å². The van der Waals surface area contributed by atoms with Crippen LogP contribution in [0, 0.1) is 0 Å². The van der Waals surface area contributed by atoms with Crippen LogP contribution in [0.4, 0.5) is 5.69 Å². The molecule has 0 saturated heterocycles. The van der Waals surface area contributed by atoms with Gasteiger partial charge in [-0.15, -0.1) is 0 Å². The van der Waals surface area contributed by atoms with E-state index >= 15 is 0 Å². The van der Waals surface area contributed by atoms with E-state index in [0.717, 1.165) is 28.1 Å². The molecule has 1 unspecified atom stereocenters. The fourth-order valence-electron chi connectivity index (χ4n) is 2.19. The third-order valence-corrected chi connectivity index (χ3v) is 4.57. The van der Waals surface area contributed by atoms with Crippen molar-refractivity contribution in [1.82, 2.24) is 0 Å². The van der Waals surface area contributed by atoms with Crippen molar-refractivity contribution in [2.75, 3.05) is 5.32 Å². The van der Waals surface area contributed by atoms with E-state index < -0.39 is 0 Å². The summed E-state index contributed by atoms with van der Waals surface area (Å²) < 4.78 is 6.28. The third kappa shape index (κ3) is 2.62. The molecule has 0 aliphatic carbocycles. The molecule has 0 bridgehead atoms. The summed E-state index contributed by atoms with van der Waals surface area (Å²) in [4.78, 5) is 11.3. The maximum atomic E-state index is 11.3. The average molecular weight is 385 g/mol. The predicted molar refractivity (Wildman–Crippen MR) is 80.6 cm³/mol. The van der Waals surface area contributed by atoms with Gasteiger partial charge < -0.3 is 9.73 Å². The monoisotopic (exact) mass is 383 g/mol. The molecule has 1 aliphatic rings. The number of halogens is 2. The smallest absolute Gasteiger partial charge is 0.224 e. The normalized spacial score (nSPS) is 15.8. The number of fused-ring (bicyclic) bond motifs is 1. The zero-order chi connectivity index (χ0) is 13.4. The summed E-state index contributed by atoms with van der Waals surface area (Å²) in [5.41, 5.74) is 3.21. The number of benzene rings is 1. The van der Waals surface area contributed by atoms with Crippen LogP contribution in [-0.4, -0.2) is 5.91 Å². The van der Waals surface area contributed by atoms with Crippen molar-refractivity contribution in [3.05, 3.63) is 51.9 Å². The Hall–Kier alpha value is -1.07. The molecule has 2 aromatic rings. The Labute approximate surface area is 127 Å². The number of anilines is 1. The molecule has 1 N–H and O–H groups in total. The van der Waals surface area contributed by atoms with Crippen LogP contribution in [-0.2, 0) is 11.2 Å². The highest BCUT2D eigenvalue weighted by atomic mass is 79.9. The lowest BCUT2D eigenvalue weighted by atomic mass is 9.99. The Morgan fingerprint density at radius 3 is 2.79 bits per heavy atom. The van der Waals surface area contributed by atoms with Crippen LogP contribution in [0.3, 0.4) is 0 Å². The van der Waals surface area contributed by atoms with Crippen LogP contribution < -0.4 is 5.32 Å². The van der Waals surface area contributed by atoms with Gasteiger partial charge in [-0.25, -0.2) is 0 Å². The zero-order valence-corrected chi connectivity index (χ0v) is 13.1. The number of nitrogens with one attached hydrogen (secondary N) is 1. The molecule has 3 rings (SSSR count). The minimum Gasteiger partial charge on any atom is -0.453 e. The fraction of sp³-hybridized carbons (Fsp3) is 0.214. The molecule has 1 amide bonds. The van der Waals surface area contributed by atoms with Crippen molar-refractivity contribution >= 4 is 43.5 Å². The average Bonchev–Trinajstić information content (AvgIpc) is 2.84. The Bertz CT molecular complexity index is 636. The minimum atomic E-state index is 0.0155. The van der Waals surface area contributed by atoms with Gasteiger partial charge in [0, 0.05) is 12.1 Å². The van der Waals surface area contributed by atoms with E-state index in [9.17, 15) is 4.79 Å². The summed E-state index contributed by atoms with van der Waals surface area (Å²) in [6.07, 6.45) is 1.34. The number of amides is 1. The van der Waals surface area contributed by atoms with Crippen molar-refractivity contribution in [2.24, 2.45) is 0 Å². The van der Waals surface area contributed by atoms with Crippen molar-refractivity contribution in [2.45, 2.75) is 17.7 Å². The molecular weight excluding hydrogens is 374 g/mol. The first-order valence-electron chi connectivity index (χ1n) is 5.95. The first-order valence-corrected chi connectivity index (χ1v) is 7.66. The molecule has 0 saturated carbocycles. The Morgan fingerprint density at radius 1 is 1.21 bits per heavy atom. The van der Waals surface area contributed by atoms with Crippen LogP contribution in [0.2, 0.25) is 0 Å². The highest BCUT2D eigenvalue weighted by Gasteiger charge is 2.19. The van der Waals surface area contributed by atoms with Crippen LogP contribution in [0.25, 0.3) is 0 Å². The van der Waals surface area contributed by atoms with Crippen molar-refractivity contribution in [3.63, 3.8) is 0 Å². The number of aryl methyl sites for hydroxylation is 1. The van der Waals surface area contributed by atoms with Gasteiger partial charge in [-0.05, 0) is 51.7 Å². The SMILES string of the molecule is O=C1CCc2cc(C(Br)c3ccc(Br)o3)ccc2N1. The second kappa shape index (κ2) is 5.13. The summed E-state index contributed by atoms with van der Waals surface area (Å²) in [6, 6.07) is 9.88. The third-order valence-electron chi connectivity index (χ3n) is 3.16. The number of alkyl halides is 1. The Morgan fingerprint density at radius 2 is 2.05 bits per heavy atom. The van der Waals surface area contributed by atoms with Gasteiger partial charge in [-0.1, -0.05) is 28.1 Å². The van der Waals surface area contributed by atoms with Gasteiger partial charge in [-0.2, -0.15) is 0 Å². The summed E-state index contributed by atoms with van der Waals surface area (Å²) in [6.45, 7) is 0. The fourth-order valence-corrected chi connectivity index (χ4v) is 3.04. The molecule has 0 fully saturated rings. The molecular formula is C14H11Br2NO2. The second-order valence-electron chi connectivity index (χ2n) is 4.47. The predicted octanol–water partition coefficient (Wildman–Crippen LogP) is 4.41. The van der Waals surface area contributed by atoms with Gasteiger partial charge in [0.15, 0.2) is 4.67 Å². The summed E-state index contributed by atoms with van der Waals surface area (Å²) in [5, 5.41) is 2.88. The summed E-state index contributed by atoms with van der Waals surface area (Å²) in [5.74, 6) is 0.942. The van der Waals surface area contributed by atoms with E-state index in [2.05, 4.69) is 43.2 Å². The van der Waals surface area contributed by atoms with E-state index in [4.69, 9.17) is 4.42 Å². The molecule has 0 spiro atoms. The van der Waals surface area contributed by atoms with E-state index in [1.165, 1.54) is 5.56 Å². The van der Waals surface area contributed by atoms with Gasteiger partial charge in [0.05, 0.1) is 4.83 Å². The van der Waals surface area contributed by atoms with Gasteiger partial charge in [0.1, 0.15) is 5.76 Å². The van der Waals surface area contributed by atoms with Crippen molar-refractivity contribution in [1.29, 1.82) is 0 Å². The lowest BCUT2D eigenvalue weighted by Gasteiger charge is -2.18. The largest absolute Gasteiger partial charge is 0.453 e. The van der Waals surface area contributed by atoms with Crippen LogP contribution >= 0.6 is 31.9 Å². The van der Waals surface area contributed by atoms with Crippen LogP contribution in [0.15, 0.2) is 39.4 Å². The Balaban J connectivity index is 1.92. The topological polar surface area (TPSA) is 42.2 Å².